The SMILES string of the molecule is CCC(NC(=O)Cc1ccc(C)c(OC)c1)c1ccc2c(c1)OCCO2. The van der Waals surface area contributed by atoms with E-state index >= 15 is 0 Å². The van der Waals surface area contributed by atoms with Gasteiger partial charge in [-0.05, 0) is 48.2 Å². The van der Waals surface area contributed by atoms with Crippen LogP contribution in [0.1, 0.15) is 36.1 Å². The van der Waals surface area contributed by atoms with E-state index in [4.69, 9.17) is 14.2 Å². The molecule has 0 radical (unpaired) electrons. The minimum absolute atomic E-state index is 0.0161. The Morgan fingerprint density at radius 3 is 2.65 bits per heavy atom. The third kappa shape index (κ3) is 4.10. The Hall–Kier alpha value is -2.69. The summed E-state index contributed by atoms with van der Waals surface area (Å²) in [4.78, 5) is 12.5. The van der Waals surface area contributed by atoms with Crippen molar-refractivity contribution in [1.82, 2.24) is 5.32 Å². The third-order valence-corrected chi connectivity index (χ3v) is 4.55. The number of hydrogen-bond acceptors (Lipinski definition) is 4. The first kappa shape index (κ1) is 18.1. The predicted molar refractivity (Wildman–Crippen MR) is 100 cm³/mol. The highest BCUT2D eigenvalue weighted by Crippen LogP contribution is 2.33. The van der Waals surface area contributed by atoms with Gasteiger partial charge in [0, 0.05) is 0 Å². The summed E-state index contributed by atoms with van der Waals surface area (Å²) in [6.07, 6.45) is 1.11. The van der Waals surface area contributed by atoms with E-state index in [0.29, 0.717) is 19.6 Å². The molecule has 1 amide bonds. The number of ether oxygens (including phenoxy) is 3. The molecule has 5 heteroatoms. The van der Waals surface area contributed by atoms with Gasteiger partial charge in [0.2, 0.25) is 5.91 Å². The largest absolute Gasteiger partial charge is 0.496 e. The molecule has 138 valence electrons. The molecular weight excluding hydrogens is 330 g/mol. The Balaban J connectivity index is 1.69. The van der Waals surface area contributed by atoms with Crippen molar-refractivity contribution in [2.24, 2.45) is 0 Å². The maximum Gasteiger partial charge on any atom is 0.224 e. The highest BCUT2D eigenvalue weighted by molar-refractivity contribution is 5.79. The van der Waals surface area contributed by atoms with Gasteiger partial charge in [0.15, 0.2) is 11.5 Å². The van der Waals surface area contributed by atoms with Gasteiger partial charge in [-0.25, -0.2) is 0 Å². The Morgan fingerprint density at radius 2 is 1.92 bits per heavy atom. The number of aryl methyl sites for hydroxylation is 1. The topological polar surface area (TPSA) is 56.8 Å². The molecule has 0 fully saturated rings. The second-order valence-corrected chi connectivity index (χ2v) is 6.41. The fourth-order valence-electron chi connectivity index (χ4n) is 3.10. The summed E-state index contributed by atoms with van der Waals surface area (Å²) in [5, 5.41) is 3.11. The maximum absolute atomic E-state index is 12.5. The van der Waals surface area contributed by atoms with E-state index < -0.39 is 0 Å². The standard InChI is InChI=1S/C21H25NO4/c1-4-17(16-7-8-18-20(13-16)26-10-9-25-18)22-21(23)12-15-6-5-14(2)19(11-15)24-3/h5-8,11,13,17H,4,9-10,12H2,1-3H3,(H,22,23). The smallest absolute Gasteiger partial charge is 0.224 e. The molecule has 0 spiro atoms. The maximum atomic E-state index is 12.5. The monoisotopic (exact) mass is 355 g/mol. The number of fused-ring (bicyclic) bond motifs is 1. The van der Waals surface area contributed by atoms with Crippen molar-refractivity contribution >= 4 is 5.91 Å². The van der Waals surface area contributed by atoms with Gasteiger partial charge in [-0.15, -0.1) is 0 Å². The number of carbonyl (C=O) groups excluding carboxylic acids is 1. The summed E-state index contributed by atoms with van der Waals surface area (Å²) >= 11 is 0. The van der Waals surface area contributed by atoms with Crippen LogP contribution in [0.3, 0.4) is 0 Å². The molecule has 3 rings (SSSR count). The summed E-state index contributed by atoms with van der Waals surface area (Å²) in [6.45, 7) is 5.16. The second-order valence-electron chi connectivity index (χ2n) is 6.41. The number of hydrogen-bond donors (Lipinski definition) is 1. The summed E-state index contributed by atoms with van der Waals surface area (Å²) in [6, 6.07) is 11.6. The Morgan fingerprint density at radius 1 is 1.15 bits per heavy atom. The van der Waals surface area contributed by atoms with Crippen molar-refractivity contribution in [2.75, 3.05) is 20.3 Å². The quantitative estimate of drug-likeness (QED) is 0.860. The summed E-state index contributed by atoms with van der Waals surface area (Å²) < 4.78 is 16.5. The Labute approximate surface area is 154 Å². The van der Waals surface area contributed by atoms with Crippen LogP contribution in [-0.2, 0) is 11.2 Å². The molecule has 26 heavy (non-hydrogen) atoms. The zero-order valence-corrected chi connectivity index (χ0v) is 15.5. The predicted octanol–water partition coefficient (Wildman–Crippen LogP) is 3.58. The van der Waals surface area contributed by atoms with Crippen molar-refractivity contribution in [1.29, 1.82) is 0 Å². The Kier molecular flexibility index (Phi) is 5.66. The molecule has 1 heterocycles. The van der Waals surface area contributed by atoms with Crippen molar-refractivity contribution in [3.63, 3.8) is 0 Å². The van der Waals surface area contributed by atoms with Crippen LogP contribution in [-0.4, -0.2) is 26.2 Å². The van der Waals surface area contributed by atoms with E-state index in [0.717, 1.165) is 40.4 Å². The van der Waals surface area contributed by atoms with Crippen LogP contribution in [0.15, 0.2) is 36.4 Å². The summed E-state index contributed by atoms with van der Waals surface area (Å²) in [5.41, 5.74) is 3.01. The average Bonchev–Trinajstić information content (AvgIpc) is 2.67. The van der Waals surface area contributed by atoms with Crippen LogP contribution < -0.4 is 19.5 Å². The molecule has 0 bridgehead atoms. The average molecular weight is 355 g/mol. The van der Waals surface area contributed by atoms with Gasteiger partial charge in [-0.2, -0.15) is 0 Å². The molecule has 0 aromatic heterocycles. The van der Waals surface area contributed by atoms with E-state index in [1.165, 1.54) is 0 Å². The lowest BCUT2D eigenvalue weighted by Crippen LogP contribution is -2.29. The van der Waals surface area contributed by atoms with E-state index in [1.807, 2.05) is 43.3 Å². The zero-order valence-electron chi connectivity index (χ0n) is 15.5. The first-order valence-electron chi connectivity index (χ1n) is 8.93. The van der Waals surface area contributed by atoms with Gasteiger partial charge in [-0.1, -0.05) is 25.1 Å². The minimum atomic E-state index is -0.0642. The highest BCUT2D eigenvalue weighted by atomic mass is 16.6. The van der Waals surface area contributed by atoms with Gasteiger partial charge in [0.05, 0.1) is 19.6 Å². The van der Waals surface area contributed by atoms with Gasteiger partial charge in [-0.3, -0.25) is 4.79 Å². The van der Waals surface area contributed by atoms with Crippen LogP contribution in [0.2, 0.25) is 0 Å². The number of carbonyl (C=O) groups is 1. The lowest BCUT2D eigenvalue weighted by molar-refractivity contribution is -0.121. The van der Waals surface area contributed by atoms with Crippen molar-refractivity contribution in [3.8, 4) is 17.2 Å². The summed E-state index contributed by atoms with van der Waals surface area (Å²) in [5.74, 6) is 2.28. The molecule has 0 saturated heterocycles. The molecule has 1 aliphatic heterocycles. The molecule has 2 aromatic carbocycles. The molecule has 5 nitrogen and oxygen atoms in total. The van der Waals surface area contributed by atoms with Crippen LogP contribution in [0.5, 0.6) is 17.2 Å². The zero-order chi connectivity index (χ0) is 18.5. The first-order valence-corrected chi connectivity index (χ1v) is 8.93. The van der Waals surface area contributed by atoms with Gasteiger partial charge < -0.3 is 19.5 Å². The normalized spacial score (nSPS) is 13.8. The van der Waals surface area contributed by atoms with Crippen LogP contribution in [0.25, 0.3) is 0 Å². The van der Waals surface area contributed by atoms with E-state index in [9.17, 15) is 4.79 Å². The fraction of sp³-hybridized carbons (Fsp3) is 0.381. The lowest BCUT2D eigenvalue weighted by Gasteiger charge is -2.22. The molecule has 2 aromatic rings. The van der Waals surface area contributed by atoms with E-state index in [-0.39, 0.29) is 11.9 Å². The summed E-state index contributed by atoms with van der Waals surface area (Å²) in [7, 11) is 1.64. The van der Waals surface area contributed by atoms with E-state index in [1.54, 1.807) is 7.11 Å². The van der Waals surface area contributed by atoms with Crippen molar-refractivity contribution in [2.45, 2.75) is 32.7 Å². The fourth-order valence-corrected chi connectivity index (χ4v) is 3.10. The first-order chi connectivity index (χ1) is 12.6. The molecule has 1 N–H and O–H groups in total. The number of methoxy groups -OCH3 is 1. The number of amides is 1. The molecule has 0 aliphatic carbocycles. The second kappa shape index (κ2) is 8.13. The van der Waals surface area contributed by atoms with Crippen LogP contribution in [0, 0.1) is 6.92 Å². The van der Waals surface area contributed by atoms with Gasteiger partial charge >= 0.3 is 0 Å². The van der Waals surface area contributed by atoms with Crippen molar-refractivity contribution < 1.29 is 19.0 Å². The number of benzene rings is 2. The molecular formula is C21H25NO4. The number of nitrogens with one attached hydrogen (secondary N) is 1. The minimum Gasteiger partial charge on any atom is -0.496 e. The van der Waals surface area contributed by atoms with Crippen molar-refractivity contribution in [3.05, 3.63) is 53.1 Å². The van der Waals surface area contributed by atoms with Crippen LogP contribution >= 0.6 is 0 Å². The lowest BCUT2D eigenvalue weighted by atomic mass is 10.0. The van der Waals surface area contributed by atoms with E-state index in [2.05, 4.69) is 12.2 Å². The van der Waals surface area contributed by atoms with Crippen LogP contribution in [0.4, 0.5) is 0 Å². The highest BCUT2D eigenvalue weighted by Gasteiger charge is 2.18. The molecule has 0 saturated carbocycles. The van der Waals surface area contributed by atoms with Gasteiger partial charge in [0.25, 0.3) is 0 Å². The molecule has 1 aliphatic rings. The molecule has 1 atom stereocenters. The Bertz CT molecular complexity index is 788. The molecule has 1 unspecified atom stereocenters. The van der Waals surface area contributed by atoms with Gasteiger partial charge in [0.1, 0.15) is 19.0 Å². The third-order valence-electron chi connectivity index (χ3n) is 4.55. The number of rotatable bonds is 6.